The summed E-state index contributed by atoms with van der Waals surface area (Å²) in [7, 11) is 1.51. The number of amides is 2. The number of nitrogens with zero attached hydrogens (tertiary/aromatic N) is 4. The molecule has 11 heteroatoms. The molecule has 0 saturated carbocycles. The number of likely N-dealkylation sites (N-methyl/N-ethyl adjacent to an activating group) is 1. The molecule has 1 N–H and O–H groups in total. The van der Waals surface area contributed by atoms with Gasteiger partial charge in [-0.25, -0.2) is 9.18 Å². The average molecular weight is 503 g/mol. The minimum Gasteiger partial charge on any atom is -0.486 e. The second-order valence-electron chi connectivity index (χ2n) is 8.32. The van der Waals surface area contributed by atoms with Gasteiger partial charge in [0.1, 0.15) is 12.4 Å². The second kappa shape index (κ2) is 10.9. The topological polar surface area (TPSA) is 85.8 Å². The molecule has 9 nitrogen and oxygen atoms in total. The molecular formula is C24H27FN4O5S. The van der Waals surface area contributed by atoms with E-state index in [0.717, 1.165) is 5.56 Å². The SMILES string of the molecule is CN(C(O)=S)C1CN(c2ccc(N3CCN(C(=O)COCc4ccccc4)CC3)c(F)c2)C(=O)O1. The van der Waals surface area contributed by atoms with E-state index in [1.807, 2.05) is 35.2 Å². The molecule has 0 spiro atoms. The van der Waals surface area contributed by atoms with Crippen LogP contribution in [-0.4, -0.2) is 84.7 Å². The Morgan fingerprint density at radius 1 is 1.20 bits per heavy atom. The number of halogens is 1. The Labute approximate surface area is 208 Å². The molecule has 0 radical (unpaired) electrons. The highest BCUT2D eigenvalue weighted by Crippen LogP contribution is 2.29. The third-order valence-electron chi connectivity index (χ3n) is 6.08. The zero-order chi connectivity index (χ0) is 24.9. The van der Waals surface area contributed by atoms with Crippen LogP contribution in [-0.2, 0) is 20.9 Å². The Bertz CT molecular complexity index is 1080. The Morgan fingerprint density at radius 3 is 2.57 bits per heavy atom. The van der Waals surface area contributed by atoms with Crippen LogP contribution in [0.3, 0.4) is 0 Å². The van der Waals surface area contributed by atoms with Crippen molar-refractivity contribution in [2.75, 3.05) is 56.2 Å². The van der Waals surface area contributed by atoms with E-state index in [1.165, 1.54) is 22.9 Å². The lowest BCUT2D eigenvalue weighted by Gasteiger charge is -2.36. The largest absolute Gasteiger partial charge is 0.486 e. The number of benzene rings is 2. The van der Waals surface area contributed by atoms with Crippen molar-refractivity contribution in [3.63, 3.8) is 0 Å². The third kappa shape index (κ3) is 5.80. The summed E-state index contributed by atoms with van der Waals surface area (Å²) in [5.41, 5.74) is 1.75. The molecule has 0 aliphatic carbocycles. The third-order valence-corrected chi connectivity index (χ3v) is 6.37. The number of thiocarbonyl (C=S) groups is 1. The van der Waals surface area contributed by atoms with Crippen molar-refractivity contribution in [3.8, 4) is 0 Å². The van der Waals surface area contributed by atoms with Crippen LogP contribution in [0.15, 0.2) is 48.5 Å². The van der Waals surface area contributed by atoms with Gasteiger partial charge in [-0.1, -0.05) is 30.3 Å². The molecule has 2 aromatic carbocycles. The normalized spacial score (nSPS) is 17.9. The lowest BCUT2D eigenvalue weighted by Crippen LogP contribution is -2.50. The number of ether oxygens (including phenoxy) is 2. The maximum absolute atomic E-state index is 15.0. The molecule has 2 aromatic rings. The van der Waals surface area contributed by atoms with E-state index in [1.54, 1.807) is 17.0 Å². The number of rotatable bonds is 7. The van der Waals surface area contributed by atoms with Gasteiger partial charge in [-0.15, -0.1) is 0 Å². The zero-order valence-electron chi connectivity index (χ0n) is 19.3. The first-order valence-corrected chi connectivity index (χ1v) is 11.6. The van der Waals surface area contributed by atoms with Crippen LogP contribution in [0.5, 0.6) is 0 Å². The van der Waals surface area contributed by atoms with Crippen molar-refractivity contribution >= 4 is 40.8 Å². The molecule has 2 saturated heterocycles. The fourth-order valence-corrected chi connectivity index (χ4v) is 4.14. The molecule has 2 aliphatic heterocycles. The molecular weight excluding hydrogens is 475 g/mol. The van der Waals surface area contributed by atoms with Crippen molar-refractivity contribution in [1.29, 1.82) is 0 Å². The average Bonchev–Trinajstić information content (AvgIpc) is 3.25. The Hall–Kier alpha value is -3.44. The lowest BCUT2D eigenvalue weighted by atomic mass is 10.2. The summed E-state index contributed by atoms with van der Waals surface area (Å²) < 4.78 is 25.7. The van der Waals surface area contributed by atoms with Crippen molar-refractivity contribution in [3.05, 3.63) is 59.9 Å². The number of cyclic esters (lactones) is 1. The van der Waals surface area contributed by atoms with E-state index < -0.39 is 23.3 Å². The number of hydrogen-bond donors (Lipinski definition) is 1. The van der Waals surface area contributed by atoms with E-state index in [4.69, 9.17) is 21.7 Å². The molecule has 2 heterocycles. The lowest BCUT2D eigenvalue weighted by molar-refractivity contribution is -0.136. The summed E-state index contributed by atoms with van der Waals surface area (Å²) in [5.74, 6) is -0.568. The van der Waals surface area contributed by atoms with E-state index in [2.05, 4.69) is 0 Å². The van der Waals surface area contributed by atoms with E-state index in [9.17, 15) is 19.1 Å². The first-order chi connectivity index (χ1) is 16.8. The molecule has 1 unspecified atom stereocenters. The molecule has 1 atom stereocenters. The Morgan fingerprint density at radius 2 is 1.91 bits per heavy atom. The number of carbonyl (C=O) groups is 2. The summed E-state index contributed by atoms with van der Waals surface area (Å²) >= 11 is 4.70. The first-order valence-electron chi connectivity index (χ1n) is 11.2. The maximum Gasteiger partial charge on any atom is 0.416 e. The smallest absolute Gasteiger partial charge is 0.416 e. The van der Waals surface area contributed by atoms with Crippen molar-refractivity contribution in [1.82, 2.24) is 9.80 Å². The summed E-state index contributed by atoms with van der Waals surface area (Å²) in [4.78, 5) is 30.8. The van der Waals surface area contributed by atoms with Gasteiger partial charge in [0.05, 0.1) is 24.5 Å². The van der Waals surface area contributed by atoms with E-state index in [-0.39, 0.29) is 19.1 Å². The van der Waals surface area contributed by atoms with Gasteiger partial charge in [-0.2, -0.15) is 0 Å². The highest BCUT2D eigenvalue weighted by molar-refractivity contribution is 7.79. The van der Waals surface area contributed by atoms with Gasteiger partial charge in [0.25, 0.3) is 5.17 Å². The molecule has 35 heavy (non-hydrogen) atoms. The van der Waals surface area contributed by atoms with Crippen molar-refractivity contribution < 1.29 is 28.6 Å². The molecule has 2 fully saturated rings. The first kappa shape index (κ1) is 24.7. The Balaban J connectivity index is 1.29. The Kier molecular flexibility index (Phi) is 7.67. The number of hydrogen-bond acceptors (Lipinski definition) is 6. The number of piperazine rings is 1. The number of aliphatic hydroxyl groups is 1. The fraction of sp³-hybridized carbons (Fsp3) is 0.375. The summed E-state index contributed by atoms with van der Waals surface area (Å²) in [5, 5.41) is 9.05. The molecule has 2 aliphatic rings. The summed E-state index contributed by atoms with van der Waals surface area (Å²) in [6.07, 6.45) is -1.41. The minimum atomic E-state index is -0.759. The van der Waals surface area contributed by atoms with Gasteiger partial charge in [-0.3, -0.25) is 14.6 Å². The predicted octanol–water partition coefficient (Wildman–Crippen LogP) is 2.75. The van der Waals surface area contributed by atoms with Crippen LogP contribution in [0, 0.1) is 5.82 Å². The van der Waals surface area contributed by atoms with Crippen LogP contribution in [0.1, 0.15) is 5.56 Å². The molecule has 0 aromatic heterocycles. The highest BCUT2D eigenvalue weighted by Gasteiger charge is 2.36. The number of anilines is 2. The van der Waals surface area contributed by atoms with Crippen LogP contribution < -0.4 is 9.80 Å². The van der Waals surface area contributed by atoms with Crippen LogP contribution in [0.25, 0.3) is 0 Å². The number of aliphatic hydroxyl groups excluding tert-OH is 1. The molecule has 2 amide bonds. The van der Waals surface area contributed by atoms with E-state index >= 15 is 0 Å². The number of carbonyl (C=O) groups excluding carboxylic acids is 2. The van der Waals surface area contributed by atoms with Gasteiger partial charge in [0.2, 0.25) is 5.91 Å². The highest BCUT2D eigenvalue weighted by atomic mass is 32.1. The molecule has 4 rings (SSSR count). The van der Waals surface area contributed by atoms with Gasteiger partial charge >= 0.3 is 6.09 Å². The van der Waals surface area contributed by atoms with Gasteiger partial charge in [0.15, 0.2) is 6.23 Å². The molecule has 186 valence electrons. The van der Waals surface area contributed by atoms with Crippen LogP contribution in [0.4, 0.5) is 20.6 Å². The standard InChI is InChI=1S/C24H27FN4O5S/c1-26(24(32)35)22-14-29(23(31)34-22)18-7-8-20(19(25)13-18)27-9-11-28(12-10-27)21(30)16-33-15-17-5-3-2-4-6-17/h2-8,13,22H,9-12,14-16H2,1H3,(H,32,35). The van der Waals surface area contributed by atoms with Crippen LogP contribution in [0.2, 0.25) is 0 Å². The minimum absolute atomic E-state index is 0.00106. The predicted molar refractivity (Wildman–Crippen MR) is 132 cm³/mol. The quantitative estimate of drug-likeness (QED) is 0.579. The van der Waals surface area contributed by atoms with Gasteiger partial charge in [-0.05, 0) is 36.0 Å². The molecule has 0 bridgehead atoms. The van der Waals surface area contributed by atoms with Gasteiger partial charge < -0.3 is 24.4 Å². The van der Waals surface area contributed by atoms with Gasteiger partial charge in [0, 0.05) is 33.2 Å². The van der Waals surface area contributed by atoms with Crippen molar-refractivity contribution in [2.24, 2.45) is 0 Å². The van der Waals surface area contributed by atoms with Crippen molar-refractivity contribution in [2.45, 2.75) is 12.8 Å². The van der Waals surface area contributed by atoms with E-state index in [0.29, 0.717) is 44.2 Å². The van der Waals surface area contributed by atoms with Crippen LogP contribution >= 0.6 is 12.2 Å². The monoisotopic (exact) mass is 502 g/mol. The fourth-order valence-electron chi connectivity index (χ4n) is 4.02. The summed E-state index contributed by atoms with van der Waals surface area (Å²) in [6, 6.07) is 14.2. The maximum atomic E-state index is 15.0. The zero-order valence-corrected chi connectivity index (χ0v) is 20.1. The second-order valence-corrected chi connectivity index (χ2v) is 8.69. The summed E-state index contributed by atoms with van der Waals surface area (Å²) in [6.45, 7) is 2.35.